The zero-order chi connectivity index (χ0) is 10.8. The maximum atomic E-state index is 12.9. The molecule has 0 aliphatic carbocycles. The standard InChI is InChI=1S/C10H6BrFN2O/c11-9-4-5-13-14(10(9)15)8-3-1-2-7(12)6-8/h1-6H. The summed E-state index contributed by atoms with van der Waals surface area (Å²) < 4.78 is 14.5. The number of benzene rings is 1. The van der Waals surface area contributed by atoms with Crippen LogP contribution < -0.4 is 5.56 Å². The van der Waals surface area contributed by atoms with Crippen molar-refractivity contribution in [3.63, 3.8) is 0 Å². The highest BCUT2D eigenvalue weighted by Crippen LogP contribution is 2.07. The minimum Gasteiger partial charge on any atom is -0.266 e. The number of aromatic nitrogens is 2. The first-order valence-electron chi connectivity index (χ1n) is 4.18. The summed E-state index contributed by atoms with van der Waals surface area (Å²) in [6.07, 6.45) is 1.47. The van der Waals surface area contributed by atoms with E-state index in [4.69, 9.17) is 0 Å². The molecule has 1 aromatic carbocycles. The van der Waals surface area contributed by atoms with Crippen molar-refractivity contribution < 1.29 is 4.39 Å². The van der Waals surface area contributed by atoms with Gasteiger partial charge >= 0.3 is 0 Å². The molecule has 0 saturated carbocycles. The van der Waals surface area contributed by atoms with Gasteiger partial charge in [0, 0.05) is 6.20 Å². The van der Waals surface area contributed by atoms with Crippen LogP contribution in [0.2, 0.25) is 0 Å². The van der Waals surface area contributed by atoms with Crippen LogP contribution in [-0.4, -0.2) is 9.78 Å². The van der Waals surface area contributed by atoms with Gasteiger partial charge in [0.25, 0.3) is 5.56 Å². The van der Waals surface area contributed by atoms with Crippen molar-refractivity contribution in [3.05, 3.63) is 57.2 Å². The van der Waals surface area contributed by atoms with Gasteiger partial charge in [0.1, 0.15) is 5.82 Å². The molecule has 0 aliphatic heterocycles. The Morgan fingerprint density at radius 2 is 2.13 bits per heavy atom. The summed E-state index contributed by atoms with van der Waals surface area (Å²) in [5.41, 5.74) is 0.0874. The minimum atomic E-state index is -0.402. The Morgan fingerprint density at radius 1 is 1.33 bits per heavy atom. The Bertz CT molecular complexity index is 553. The van der Waals surface area contributed by atoms with E-state index >= 15 is 0 Å². The maximum absolute atomic E-state index is 12.9. The van der Waals surface area contributed by atoms with E-state index in [9.17, 15) is 9.18 Å². The predicted molar refractivity (Wildman–Crippen MR) is 57.5 cm³/mol. The van der Waals surface area contributed by atoms with Crippen molar-refractivity contribution in [3.8, 4) is 5.69 Å². The van der Waals surface area contributed by atoms with E-state index in [2.05, 4.69) is 21.0 Å². The molecular weight excluding hydrogens is 263 g/mol. The van der Waals surface area contributed by atoms with E-state index < -0.39 is 5.82 Å². The second-order valence-corrected chi connectivity index (χ2v) is 3.73. The highest BCUT2D eigenvalue weighted by Gasteiger charge is 2.04. The molecule has 0 saturated heterocycles. The summed E-state index contributed by atoms with van der Waals surface area (Å²) in [6.45, 7) is 0. The summed E-state index contributed by atoms with van der Waals surface area (Å²) in [5.74, 6) is -0.402. The lowest BCUT2D eigenvalue weighted by atomic mass is 10.3. The molecule has 0 amide bonds. The predicted octanol–water partition coefficient (Wildman–Crippen LogP) is 2.13. The van der Waals surface area contributed by atoms with Gasteiger partial charge in [-0.1, -0.05) is 6.07 Å². The fraction of sp³-hybridized carbons (Fsp3) is 0. The highest BCUT2D eigenvalue weighted by molar-refractivity contribution is 9.10. The zero-order valence-corrected chi connectivity index (χ0v) is 9.11. The van der Waals surface area contributed by atoms with Crippen LogP contribution in [0.5, 0.6) is 0 Å². The highest BCUT2D eigenvalue weighted by atomic mass is 79.9. The third-order valence-electron chi connectivity index (χ3n) is 1.85. The number of hydrogen-bond acceptors (Lipinski definition) is 2. The van der Waals surface area contributed by atoms with E-state index in [1.165, 1.54) is 30.5 Å². The van der Waals surface area contributed by atoms with Crippen LogP contribution in [0.1, 0.15) is 0 Å². The summed E-state index contributed by atoms with van der Waals surface area (Å²) in [6, 6.07) is 7.25. The summed E-state index contributed by atoms with van der Waals surface area (Å²) >= 11 is 3.09. The van der Waals surface area contributed by atoms with E-state index in [1.54, 1.807) is 6.07 Å². The maximum Gasteiger partial charge on any atom is 0.285 e. The van der Waals surface area contributed by atoms with Crippen LogP contribution in [0, 0.1) is 5.82 Å². The molecule has 15 heavy (non-hydrogen) atoms. The van der Waals surface area contributed by atoms with Gasteiger partial charge in [-0.15, -0.1) is 0 Å². The second kappa shape index (κ2) is 3.94. The topological polar surface area (TPSA) is 34.9 Å². The summed E-state index contributed by atoms with van der Waals surface area (Å²) in [7, 11) is 0. The van der Waals surface area contributed by atoms with Gasteiger partial charge in [-0.25, -0.2) is 4.39 Å². The summed E-state index contributed by atoms with van der Waals surface area (Å²) in [5, 5.41) is 3.86. The third kappa shape index (κ3) is 1.97. The lowest BCUT2D eigenvalue weighted by Gasteiger charge is -2.03. The molecule has 0 radical (unpaired) electrons. The van der Waals surface area contributed by atoms with Crippen molar-refractivity contribution in [2.45, 2.75) is 0 Å². The van der Waals surface area contributed by atoms with E-state index in [0.29, 0.717) is 10.2 Å². The van der Waals surface area contributed by atoms with E-state index in [-0.39, 0.29) is 5.56 Å². The molecule has 2 rings (SSSR count). The van der Waals surface area contributed by atoms with Gasteiger partial charge in [-0.3, -0.25) is 4.79 Å². The lowest BCUT2D eigenvalue weighted by Crippen LogP contribution is -2.21. The largest absolute Gasteiger partial charge is 0.285 e. The Hall–Kier alpha value is -1.49. The van der Waals surface area contributed by atoms with Crippen molar-refractivity contribution in [2.24, 2.45) is 0 Å². The van der Waals surface area contributed by atoms with Crippen molar-refractivity contribution >= 4 is 15.9 Å². The van der Waals surface area contributed by atoms with E-state index in [1.807, 2.05) is 0 Å². The molecule has 0 spiro atoms. The van der Waals surface area contributed by atoms with Crippen LogP contribution in [0.15, 0.2) is 45.8 Å². The minimum absolute atomic E-state index is 0.317. The Labute approximate surface area is 93.3 Å². The van der Waals surface area contributed by atoms with Gasteiger partial charge in [0.2, 0.25) is 0 Å². The van der Waals surface area contributed by atoms with Crippen LogP contribution in [0.25, 0.3) is 5.69 Å². The number of rotatable bonds is 1. The quantitative estimate of drug-likeness (QED) is 0.794. The van der Waals surface area contributed by atoms with Gasteiger partial charge in [-0.2, -0.15) is 9.78 Å². The number of nitrogens with zero attached hydrogens (tertiary/aromatic N) is 2. The normalized spacial score (nSPS) is 10.3. The van der Waals surface area contributed by atoms with Crippen LogP contribution >= 0.6 is 15.9 Å². The molecule has 0 unspecified atom stereocenters. The van der Waals surface area contributed by atoms with Crippen LogP contribution in [0.4, 0.5) is 4.39 Å². The monoisotopic (exact) mass is 268 g/mol. The van der Waals surface area contributed by atoms with Crippen LogP contribution in [0.3, 0.4) is 0 Å². The first-order valence-corrected chi connectivity index (χ1v) is 4.97. The number of halogens is 2. The molecule has 1 aromatic heterocycles. The molecule has 3 nitrogen and oxygen atoms in total. The van der Waals surface area contributed by atoms with E-state index in [0.717, 1.165) is 4.68 Å². The lowest BCUT2D eigenvalue weighted by molar-refractivity contribution is 0.624. The molecular formula is C10H6BrFN2O. The van der Waals surface area contributed by atoms with Gasteiger partial charge in [0.15, 0.2) is 0 Å². The molecule has 1 heterocycles. The molecule has 0 aliphatic rings. The molecule has 5 heteroatoms. The van der Waals surface area contributed by atoms with Gasteiger partial charge < -0.3 is 0 Å². The van der Waals surface area contributed by atoms with Crippen LogP contribution in [-0.2, 0) is 0 Å². The first kappa shape index (κ1) is 10.0. The smallest absolute Gasteiger partial charge is 0.266 e. The Balaban J connectivity index is 2.65. The fourth-order valence-corrected chi connectivity index (χ4v) is 1.47. The Morgan fingerprint density at radius 3 is 2.87 bits per heavy atom. The molecule has 76 valence electrons. The van der Waals surface area contributed by atoms with Crippen molar-refractivity contribution in [1.82, 2.24) is 9.78 Å². The molecule has 0 fully saturated rings. The van der Waals surface area contributed by atoms with Crippen molar-refractivity contribution in [1.29, 1.82) is 0 Å². The Kier molecular flexibility index (Phi) is 2.64. The molecule has 0 bridgehead atoms. The molecule has 0 N–H and O–H groups in total. The van der Waals surface area contributed by atoms with Crippen molar-refractivity contribution in [2.75, 3.05) is 0 Å². The fourth-order valence-electron chi connectivity index (χ4n) is 1.18. The number of hydrogen-bond donors (Lipinski definition) is 0. The average molecular weight is 269 g/mol. The molecule has 2 aromatic rings. The average Bonchev–Trinajstić information content (AvgIpc) is 2.22. The van der Waals surface area contributed by atoms with Gasteiger partial charge in [0.05, 0.1) is 10.2 Å². The SMILES string of the molecule is O=c1c(Br)ccnn1-c1cccc(F)c1. The van der Waals surface area contributed by atoms with Gasteiger partial charge in [-0.05, 0) is 40.2 Å². The zero-order valence-electron chi connectivity index (χ0n) is 7.52. The molecule has 0 atom stereocenters. The summed E-state index contributed by atoms with van der Waals surface area (Å²) in [4.78, 5) is 11.6. The second-order valence-electron chi connectivity index (χ2n) is 2.88. The third-order valence-corrected chi connectivity index (χ3v) is 2.46. The first-order chi connectivity index (χ1) is 7.18.